The summed E-state index contributed by atoms with van der Waals surface area (Å²) in [6.07, 6.45) is 1.63. The van der Waals surface area contributed by atoms with Crippen molar-refractivity contribution in [3.05, 3.63) is 107 Å². The van der Waals surface area contributed by atoms with Crippen molar-refractivity contribution in [2.24, 2.45) is 5.92 Å². The molecule has 1 heterocycles. The van der Waals surface area contributed by atoms with Gasteiger partial charge in [0.05, 0.1) is 5.56 Å². The SMILES string of the molecule is Cc1cccc(C(C)(C)C)c1NC(=O)C(=O)[C@H](C(=O)/C=C/c1ccccc1)[C@H]1OC(=O)c2ccccc21. The summed E-state index contributed by atoms with van der Waals surface area (Å²) >= 11 is 0. The van der Waals surface area contributed by atoms with E-state index < -0.39 is 35.5 Å². The van der Waals surface area contributed by atoms with Crippen LogP contribution >= 0.6 is 0 Å². The van der Waals surface area contributed by atoms with Gasteiger partial charge in [0.15, 0.2) is 5.78 Å². The molecule has 0 aliphatic carbocycles. The quantitative estimate of drug-likeness (QED) is 0.199. The van der Waals surface area contributed by atoms with E-state index in [0.717, 1.165) is 16.7 Å². The molecular weight excluding hydrogens is 466 g/mol. The van der Waals surface area contributed by atoms with Gasteiger partial charge in [0, 0.05) is 11.3 Å². The van der Waals surface area contributed by atoms with E-state index in [4.69, 9.17) is 4.74 Å². The van der Waals surface area contributed by atoms with Crippen LogP contribution in [0.4, 0.5) is 5.69 Å². The van der Waals surface area contributed by atoms with Gasteiger partial charge in [0.25, 0.3) is 5.91 Å². The van der Waals surface area contributed by atoms with Crippen molar-refractivity contribution >= 4 is 35.2 Å². The zero-order valence-corrected chi connectivity index (χ0v) is 21.3. The summed E-state index contributed by atoms with van der Waals surface area (Å²) in [6.45, 7) is 7.87. The molecule has 4 rings (SSSR count). The summed E-state index contributed by atoms with van der Waals surface area (Å²) in [5.41, 5.74) is 3.32. The van der Waals surface area contributed by atoms with Crippen LogP contribution in [0.5, 0.6) is 0 Å². The van der Waals surface area contributed by atoms with Crippen LogP contribution in [0.25, 0.3) is 6.08 Å². The van der Waals surface area contributed by atoms with Crippen molar-refractivity contribution < 1.29 is 23.9 Å². The Hall–Kier alpha value is -4.32. The minimum Gasteiger partial charge on any atom is -0.453 e. The molecule has 1 amide bonds. The highest BCUT2D eigenvalue weighted by Gasteiger charge is 2.45. The number of rotatable bonds is 7. The van der Waals surface area contributed by atoms with Gasteiger partial charge in [0.2, 0.25) is 5.78 Å². The molecule has 1 N–H and O–H groups in total. The van der Waals surface area contributed by atoms with E-state index >= 15 is 0 Å². The van der Waals surface area contributed by atoms with Crippen LogP contribution in [0.3, 0.4) is 0 Å². The van der Waals surface area contributed by atoms with Gasteiger partial charge < -0.3 is 10.1 Å². The Balaban J connectivity index is 1.70. The van der Waals surface area contributed by atoms with Crippen molar-refractivity contribution in [1.82, 2.24) is 0 Å². The summed E-state index contributed by atoms with van der Waals surface area (Å²) in [5.74, 6) is -4.70. The van der Waals surface area contributed by atoms with Gasteiger partial charge in [0.1, 0.15) is 12.0 Å². The molecule has 0 fully saturated rings. The molecule has 1 aliphatic heterocycles. The molecule has 0 radical (unpaired) electrons. The molecule has 0 saturated heterocycles. The summed E-state index contributed by atoms with van der Waals surface area (Å²) in [5, 5.41) is 2.75. The smallest absolute Gasteiger partial charge is 0.339 e. The fourth-order valence-electron chi connectivity index (χ4n) is 4.46. The molecule has 188 valence electrons. The molecule has 0 bridgehead atoms. The number of fused-ring (bicyclic) bond motifs is 1. The molecule has 1 aliphatic rings. The van der Waals surface area contributed by atoms with Crippen molar-refractivity contribution in [2.45, 2.75) is 39.2 Å². The summed E-state index contributed by atoms with van der Waals surface area (Å²) in [6, 6.07) is 21.3. The number of para-hydroxylation sites is 1. The second-order valence-electron chi connectivity index (χ2n) is 10.1. The van der Waals surface area contributed by atoms with E-state index in [1.54, 1.807) is 30.3 Å². The third-order valence-corrected chi connectivity index (χ3v) is 6.40. The van der Waals surface area contributed by atoms with Crippen LogP contribution < -0.4 is 5.32 Å². The average Bonchev–Trinajstić information content (AvgIpc) is 3.20. The first-order valence-electron chi connectivity index (χ1n) is 12.1. The fraction of sp³-hybridized carbons (Fsp3) is 0.226. The second kappa shape index (κ2) is 10.3. The Morgan fingerprint density at radius 2 is 1.59 bits per heavy atom. The van der Waals surface area contributed by atoms with Crippen molar-refractivity contribution in [2.75, 3.05) is 5.32 Å². The van der Waals surface area contributed by atoms with Gasteiger partial charge in [-0.15, -0.1) is 0 Å². The minimum atomic E-state index is -1.53. The Labute approximate surface area is 216 Å². The second-order valence-corrected chi connectivity index (χ2v) is 10.1. The lowest BCUT2D eigenvalue weighted by Crippen LogP contribution is -2.38. The van der Waals surface area contributed by atoms with E-state index in [2.05, 4.69) is 5.32 Å². The van der Waals surface area contributed by atoms with Gasteiger partial charge in [-0.05, 0) is 41.2 Å². The van der Waals surface area contributed by atoms with Gasteiger partial charge in [-0.1, -0.05) is 93.6 Å². The minimum absolute atomic E-state index is 0.277. The van der Waals surface area contributed by atoms with Crippen LogP contribution in [-0.2, 0) is 24.5 Å². The molecule has 0 saturated carbocycles. The number of benzene rings is 3. The van der Waals surface area contributed by atoms with Crippen LogP contribution in [0.15, 0.2) is 78.9 Å². The highest BCUT2D eigenvalue weighted by Crippen LogP contribution is 2.38. The third kappa shape index (κ3) is 5.43. The van der Waals surface area contributed by atoms with E-state index in [1.165, 1.54) is 6.08 Å². The average molecular weight is 496 g/mol. The number of esters is 1. The standard InChI is InChI=1S/C31H29NO5/c1-19-11-10-16-23(31(2,3)4)26(19)32-29(35)27(34)25(24(33)18-17-20-12-6-5-7-13-20)28-21-14-8-9-15-22(21)30(36)37-28/h5-18,25,28H,1-4H3,(H,32,35)/b18-17+/t25-,28-/m0/s1. The maximum absolute atomic E-state index is 13.6. The molecule has 0 spiro atoms. The first-order valence-corrected chi connectivity index (χ1v) is 12.1. The number of Topliss-reactive ketones (excluding diaryl/α,β-unsaturated/α-hetero) is 1. The van der Waals surface area contributed by atoms with Gasteiger partial charge in [-0.3, -0.25) is 14.4 Å². The largest absolute Gasteiger partial charge is 0.453 e. The lowest BCUT2D eigenvalue weighted by molar-refractivity contribution is -0.143. The van der Waals surface area contributed by atoms with Gasteiger partial charge in [-0.2, -0.15) is 0 Å². The topological polar surface area (TPSA) is 89.5 Å². The van der Waals surface area contributed by atoms with Gasteiger partial charge >= 0.3 is 5.97 Å². The zero-order valence-electron chi connectivity index (χ0n) is 21.3. The van der Waals surface area contributed by atoms with Crippen LogP contribution in [0.2, 0.25) is 0 Å². The van der Waals surface area contributed by atoms with Crippen LogP contribution in [0.1, 0.15) is 59.5 Å². The van der Waals surface area contributed by atoms with Gasteiger partial charge in [-0.25, -0.2) is 4.79 Å². The normalized spacial score (nSPS) is 15.7. The van der Waals surface area contributed by atoms with Crippen LogP contribution in [0, 0.1) is 12.8 Å². The Morgan fingerprint density at radius 3 is 2.30 bits per heavy atom. The Morgan fingerprint density at radius 1 is 0.919 bits per heavy atom. The number of anilines is 1. The number of carbonyl (C=O) groups excluding carboxylic acids is 4. The highest BCUT2D eigenvalue weighted by atomic mass is 16.5. The predicted octanol–water partition coefficient (Wildman–Crippen LogP) is 5.61. The molecule has 3 aromatic rings. The highest BCUT2D eigenvalue weighted by molar-refractivity contribution is 6.45. The molecule has 0 unspecified atom stereocenters. The van der Waals surface area contributed by atoms with E-state index in [-0.39, 0.29) is 11.0 Å². The molecular formula is C31H29NO5. The predicted molar refractivity (Wildman–Crippen MR) is 142 cm³/mol. The first kappa shape index (κ1) is 25.8. The number of hydrogen-bond donors (Lipinski definition) is 1. The number of hydrogen-bond acceptors (Lipinski definition) is 5. The molecule has 3 aromatic carbocycles. The number of carbonyl (C=O) groups is 4. The molecule has 6 heteroatoms. The zero-order chi connectivity index (χ0) is 26.7. The fourth-order valence-corrected chi connectivity index (χ4v) is 4.46. The molecule has 37 heavy (non-hydrogen) atoms. The van der Waals surface area contributed by atoms with E-state index in [1.807, 2.05) is 76.2 Å². The lowest BCUT2D eigenvalue weighted by Gasteiger charge is -2.25. The number of ketones is 2. The molecule has 2 atom stereocenters. The van der Waals surface area contributed by atoms with E-state index in [0.29, 0.717) is 11.3 Å². The van der Waals surface area contributed by atoms with Crippen molar-refractivity contribution in [3.63, 3.8) is 0 Å². The number of nitrogens with one attached hydrogen (secondary N) is 1. The van der Waals surface area contributed by atoms with E-state index in [9.17, 15) is 19.2 Å². The Bertz CT molecular complexity index is 1400. The van der Waals surface area contributed by atoms with Crippen molar-refractivity contribution in [3.8, 4) is 0 Å². The number of aryl methyl sites for hydroxylation is 1. The number of cyclic esters (lactones) is 1. The first-order chi connectivity index (χ1) is 17.6. The maximum Gasteiger partial charge on any atom is 0.339 e. The molecule has 6 nitrogen and oxygen atoms in total. The maximum atomic E-state index is 13.6. The lowest BCUT2D eigenvalue weighted by atomic mass is 9.84. The summed E-state index contributed by atoms with van der Waals surface area (Å²) in [4.78, 5) is 52.9. The number of amides is 1. The molecule has 0 aromatic heterocycles. The van der Waals surface area contributed by atoms with Crippen molar-refractivity contribution in [1.29, 1.82) is 0 Å². The summed E-state index contributed by atoms with van der Waals surface area (Å²) in [7, 11) is 0. The monoisotopic (exact) mass is 495 g/mol. The Kier molecular flexibility index (Phi) is 7.21. The number of ether oxygens (including phenoxy) is 1. The van der Waals surface area contributed by atoms with Crippen LogP contribution in [-0.4, -0.2) is 23.4 Å². The number of allylic oxidation sites excluding steroid dienone is 1. The third-order valence-electron chi connectivity index (χ3n) is 6.40. The summed E-state index contributed by atoms with van der Waals surface area (Å²) < 4.78 is 5.50.